The molecule has 96 valence electrons. The number of hydrogen-bond acceptors (Lipinski definition) is 4. The van der Waals surface area contributed by atoms with Gasteiger partial charge in [-0.15, -0.1) is 0 Å². The lowest BCUT2D eigenvalue weighted by molar-refractivity contribution is -0.385. The Morgan fingerprint density at radius 2 is 2.05 bits per heavy atom. The topological polar surface area (TPSA) is 65.3 Å². The van der Waals surface area contributed by atoms with Gasteiger partial charge in [0.25, 0.3) is 0 Å². The molecule has 19 heavy (non-hydrogen) atoms. The van der Waals surface area contributed by atoms with Crippen molar-refractivity contribution in [2.75, 3.05) is 0 Å². The van der Waals surface area contributed by atoms with E-state index in [4.69, 9.17) is 4.74 Å². The Hall–Kier alpha value is -2.43. The molecular weight excluding hydrogens is 244 g/mol. The molecule has 1 aromatic carbocycles. The van der Waals surface area contributed by atoms with Gasteiger partial charge in [0.1, 0.15) is 5.75 Å². The predicted molar refractivity (Wildman–Crippen MR) is 69.4 cm³/mol. The first-order chi connectivity index (χ1) is 9.24. The molecule has 5 nitrogen and oxygen atoms in total. The van der Waals surface area contributed by atoms with E-state index in [2.05, 4.69) is 4.98 Å². The van der Waals surface area contributed by atoms with Gasteiger partial charge in [-0.1, -0.05) is 0 Å². The van der Waals surface area contributed by atoms with Gasteiger partial charge in [0, 0.05) is 12.3 Å². The van der Waals surface area contributed by atoms with Crippen molar-refractivity contribution < 1.29 is 9.66 Å². The van der Waals surface area contributed by atoms with Gasteiger partial charge in [0.05, 0.1) is 11.1 Å². The quantitative estimate of drug-likeness (QED) is 0.624. The number of nitrogens with zero attached hydrogens (tertiary/aromatic N) is 2. The highest BCUT2D eigenvalue weighted by Crippen LogP contribution is 2.36. The lowest BCUT2D eigenvalue weighted by Gasteiger charge is -2.08. The molecule has 1 aromatic heterocycles. The molecule has 0 N–H and O–H groups in total. The molecule has 3 rings (SSSR count). The Balaban J connectivity index is 2.02. The number of aromatic nitrogens is 1. The fraction of sp³-hybridized carbons (Fsp3) is 0.214. The predicted octanol–water partition coefficient (Wildman–Crippen LogP) is 3.27. The fourth-order valence-electron chi connectivity index (χ4n) is 2.35. The summed E-state index contributed by atoms with van der Waals surface area (Å²) in [5.41, 5.74) is 2.22. The van der Waals surface area contributed by atoms with Crippen LogP contribution in [0.2, 0.25) is 0 Å². The minimum atomic E-state index is -0.399. The summed E-state index contributed by atoms with van der Waals surface area (Å²) in [5.74, 6) is 0.794. The molecule has 0 fully saturated rings. The Morgan fingerprint density at radius 3 is 2.74 bits per heavy atom. The van der Waals surface area contributed by atoms with Crippen molar-refractivity contribution in [2.45, 2.75) is 19.3 Å². The minimum absolute atomic E-state index is 0.0181. The monoisotopic (exact) mass is 256 g/mol. The lowest BCUT2D eigenvalue weighted by Crippen LogP contribution is -1.96. The number of hydrogen-bond donors (Lipinski definition) is 0. The largest absolute Gasteiger partial charge is 0.448 e. The molecule has 1 aliphatic carbocycles. The Kier molecular flexibility index (Phi) is 2.87. The number of pyridine rings is 1. The molecule has 2 aromatic rings. The molecule has 0 unspecified atom stereocenters. The minimum Gasteiger partial charge on any atom is -0.448 e. The highest BCUT2D eigenvalue weighted by Gasteiger charge is 2.22. The number of ether oxygens (including phenoxy) is 1. The average Bonchev–Trinajstić information content (AvgIpc) is 2.86. The van der Waals surface area contributed by atoms with Crippen LogP contribution in [-0.4, -0.2) is 9.91 Å². The van der Waals surface area contributed by atoms with E-state index in [-0.39, 0.29) is 5.69 Å². The maximum atomic E-state index is 11.1. The van der Waals surface area contributed by atoms with Gasteiger partial charge in [-0.25, -0.2) is 0 Å². The molecule has 1 aliphatic rings. The summed E-state index contributed by atoms with van der Waals surface area (Å²) in [6, 6.07) is 6.87. The molecule has 0 saturated heterocycles. The molecule has 5 heteroatoms. The fourth-order valence-corrected chi connectivity index (χ4v) is 2.35. The summed E-state index contributed by atoms with van der Waals surface area (Å²) in [5, 5.41) is 11.1. The highest BCUT2D eigenvalue weighted by molar-refractivity contribution is 5.54. The molecule has 0 amide bonds. The summed E-state index contributed by atoms with van der Waals surface area (Å²) in [6.45, 7) is 0. The second-order valence-electron chi connectivity index (χ2n) is 4.49. The normalized spacial score (nSPS) is 13.1. The lowest BCUT2D eigenvalue weighted by atomic mass is 10.1. The number of nitro groups is 1. The Labute approximate surface area is 110 Å². The number of aryl methyl sites for hydroxylation is 2. The SMILES string of the molecule is O=[N+]([O-])c1cc2c(cc1Oc1cccnc1)CCC2. The summed E-state index contributed by atoms with van der Waals surface area (Å²) < 4.78 is 5.59. The Morgan fingerprint density at radius 1 is 1.26 bits per heavy atom. The molecule has 0 spiro atoms. The maximum Gasteiger partial charge on any atom is 0.311 e. The van der Waals surface area contributed by atoms with Crippen molar-refractivity contribution in [3.63, 3.8) is 0 Å². The van der Waals surface area contributed by atoms with Crippen LogP contribution in [0.5, 0.6) is 11.5 Å². The van der Waals surface area contributed by atoms with E-state index in [1.807, 2.05) is 0 Å². The molecule has 1 heterocycles. The summed E-state index contributed by atoms with van der Waals surface area (Å²) in [7, 11) is 0. The van der Waals surface area contributed by atoms with Crippen LogP contribution in [0.1, 0.15) is 17.5 Å². The van der Waals surface area contributed by atoms with E-state index in [0.29, 0.717) is 11.5 Å². The Bertz CT molecular complexity index is 626. The van der Waals surface area contributed by atoms with Crippen LogP contribution in [0.4, 0.5) is 5.69 Å². The zero-order chi connectivity index (χ0) is 13.2. The first-order valence-electron chi connectivity index (χ1n) is 6.12. The van der Waals surface area contributed by atoms with Crippen LogP contribution < -0.4 is 4.74 Å². The van der Waals surface area contributed by atoms with Crippen molar-refractivity contribution in [3.05, 3.63) is 57.9 Å². The summed E-state index contributed by atoms with van der Waals surface area (Å²) in [4.78, 5) is 14.7. The summed E-state index contributed by atoms with van der Waals surface area (Å²) >= 11 is 0. The van der Waals surface area contributed by atoms with Crippen LogP contribution in [0.25, 0.3) is 0 Å². The molecular formula is C14H12N2O3. The van der Waals surface area contributed by atoms with Crippen molar-refractivity contribution in [1.82, 2.24) is 4.98 Å². The van der Waals surface area contributed by atoms with Crippen molar-refractivity contribution in [1.29, 1.82) is 0 Å². The highest BCUT2D eigenvalue weighted by atomic mass is 16.6. The molecule has 0 radical (unpaired) electrons. The van der Waals surface area contributed by atoms with Gasteiger partial charge in [-0.05, 0) is 48.6 Å². The van der Waals surface area contributed by atoms with Crippen LogP contribution in [0, 0.1) is 10.1 Å². The third-order valence-electron chi connectivity index (χ3n) is 3.23. The molecule has 0 bridgehead atoms. The van der Waals surface area contributed by atoms with Crippen molar-refractivity contribution >= 4 is 5.69 Å². The van der Waals surface area contributed by atoms with E-state index < -0.39 is 4.92 Å². The zero-order valence-corrected chi connectivity index (χ0v) is 10.2. The van der Waals surface area contributed by atoms with Gasteiger partial charge in [0.15, 0.2) is 0 Å². The van der Waals surface area contributed by atoms with Gasteiger partial charge in [-0.2, -0.15) is 0 Å². The van der Waals surface area contributed by atoms with Gasteiger partial charge >= 0.3 is 5.69 Å². The first kappa shape index (κ1) is 11.6. The van der Waals surface area contributed by atoms with Gasteiger partial charge in [-0.3, -0.25) is 15.1 Å². The third-order valence-corrected chi connectivity index (χ3v) is 3.23. The molecule has 0 atom stereocenters. The zero-order valence-electron chi connectivity index (χ0n) is 10.2. The second-order valence-corrected chi connectivity index (χ2v) is 4.49. The van der Waals surface area contributed by atoms with Crippen LogP contribution in [0.15, 0.2) is 36.7 Å². The molecule has 0 aliphatic heterocycles. The average molecular weight is 256 g/mol. The standard InChI is InChI=1S/C14H12N2O3/c17-16(18)13-7-10-3-1-4-11(10)8-14(13)19-12-5-2-6-15-9-12/h2,5-9H,1,3-4H2. The van der Waals surface area contributed by atoms with Gasteiger partial charge < -0.3 is 4.74 Å². The number of rotatable bonds is 3. The third kappa shape index (κ3) is 2.27. The smallest absolute Gasteiger partial charge is 0.311 e. The second kappa shape index (κ2) is 4.68. The first-order valence-corrected chi connectivity index (χ1v) is 6.12. The maximum absolute atomic E-state index is 11.1. The van der Waals surface area contributed by atoms with E-state index in [1.54, 1.807) is 30.5 Å². The van der Waals surface area contributed by atoms with E-state index >= 15 is 0 Å². The van der Waals surface area contributed by atoms with E-state index in [1.165, 1.54) is 6.20 Å². The number of benzene rings is 1. The van der Waals surface area contributed by atoms with Crippen molar-refractivity contribution in [3.8, 4) is 11.5 Å². The van der Waals surface area contributed by atoms with E-state index in [0.717, 1.165) is 30.4 Å². The number of fused-ring (bicyclic) bond motifs is 1. The van der Waals surface area contributed by atoms with Crippen molar-refractivity contribution in [2.24, 2.45) is 0 Å². The molecule has 0 saturated carbocycles. The number of nitro benzene ring substituents is 1. The summed E-state index contributed by atoms with van der Waals surface area (Å²) in [6.07, 6.45) is 6.07. The van der Waals surface area contributed by atoms with Crippen LogP contribution >= 0.6 is 0 Å². The van der Waals surface area contributed by atoms with Gasteiger partial charge in [0.2, 0.25) is 5.75 Å². The van der Waals surface area contributed by atoms with Crippen LogP contribution in [0.3, 0.4) is 0 Å². The van der Waals surface area contributed by atoms with E-state index in [9.17, 15) is 10.1 Å². The van der Waals surface area contributed by atoms with Crippen LogP contribution in [-0.2, 0) is 12.8 Å².